The molecule has 2 heteroatoms. The summed E-state index contributed by atoms with van der Waals surface area (Å²) < 4.78 is 5.62. The molecule has 0 heterocycles. The summed E-state index contributed by atoms with van der Waals surface area (Å²) in [6.45, 7) is 3.15. The van der Waals surface area contributed by atoms with E-state index in [1.165, 1.54) is 18.4 Å². The number of hydrogen-bond acceptors (Lipinski definition) is 2. The normalized spacial score (nSPS) is 10.4. The first-order valence-corrected chi connectivity index (χ1v) is 6.19. The van der Waals surface area contributed by atoms with E-state index in [4.69, 9.17) is 9.84 Å². The summed E-state index contributed by atoms with van der Waals surface area (Å²) in [5, 5.41) is 8.65. The maximum Gasteiger partial charge on any atom is 0.119 e. The SMILES string of the molecule is CCCCc1cccc(OCCCCO)c1. The fraction of sp³-hybridized carbons (Fsp3) is 0.571. The molecule has 1 rings (SSSR count). The van der Waals surface area contributed by atoms with Crippen molar-refractivity contribution in [2.45, 2.75) is 39.0 Å². The molecule has 0 spiro atoms. The van der Waals surface area contributed by atoms with E-state index in [1.54, 1.807) is 0 Å². The van der Waals surface area contributed by atoms with Crippen LogP contribution in [0.4, 0.5) is 0 Å². The van der Waals surface area contributed by atoms with E-state index < -0.39 is 0 Å². The molecule has 0 amide bonds. The van der Waals surface area contributed by atoms with Crippen LogP contribution in [0.3, 0.4) is 0 Å². The molecule has 0 unspecified atom stereocenters. The fourth-order valence-electron chi connectivity index (χ4n) is 1.58. The van der Waals surface area contributed by atoms with Crippen LogP contribution in [0.25, 0.3) is 0 Å². The topological polar surface area (TPSA) is 29.5 Å². The molecule has 2 nitrogen and oxygen atoms in total. The second-order valence-electron chi connectivity index (χ2n) is 4.03. The number of benzene rings is 1. The lowest BCUT2D eigenvalue weighted by Gasteiger charge is -2.07. The molecule has 0 saturated heterocycles. The molecular formula is C14H22O2. The maximum atomic E-state index is 8.65. The Labute approximate surface area is 98.3 Å². The number of aliphatic hydroxyl groups is 1. The van der Waals surface area contributed by atoms with E-state index in [9.17, 15) is 0 Å². The second-order valence-corrected chi connectivity index (χ2v) is 4.03. The van der Waals surface area contributed by atoms with Gasteiger partial charge < -0.3 is 9.84 Å². The molecule has 0 saturated carbocycles. The van der Waals surface area contributed by atoms with Crippen LogP contribution in [0.1, 0.15) is 38.2 Å². The fourth-order valence-corrected chi connectivity index (χ4v) is 1.58. The largest absolute Gasteiger partial charge is 0.494 e. The van der Waals surface area contributed by atoms with Crippen molar-refractivity contribution < 1.29 is 9.84 Å². The van der Waals surface area contributed by atoms with Crippen molar-refractivity contribution in [3.63, 3.8) is 0 Å². The van der Waals surface area contributed by atoms with Crippen LogP contribution in [0.5, 0.6) is 5.75 Å². The summed E-state index contributed by atoms with van der Waals surface area (Å²) in [5.41, 5.74) is 1.35. The standard InChI is InChI=1S/C14H22O2/c1-2-3-7-13-8-6-9-14(12-13)16-11-5-4-10-15/h6,8-9,12,15H,2-5,7,10-11H2,1H3. The van der Waals surface area contributed by atoms with Gasteiger partial charge >= 0.3 is 0 Å². The van der Waals surface area contributed by atoms with Gasteiger partial charge in [-0.3, -0.25) is 0 Å². The summed E-state index contributed by atoms with van der Waals surface area (Å²) in [5.74, 6) is 0.951. The van der Waals surface area contributed by atoms with Gasteiger partial charge in [-0.15, -0.1) is 0 Å². The van der Waals surface area contributed by atoms with Crippen LogP contribution in [-0.2, 0) is 6.42 Å². The monoisotopic (exact) mass is 222 g/mol. The van der Waals surface area contributed by atoms with Crippen molar-refractivity contribution >= 4 is 0 Å². The van der Waals surface area contributed by atoms with Crippen molar-refractivity contribution in [2.24, 2.45) is 0 Å². The van der Waals surface area contributed by atoms with Gasteiger partial charge in [-0.2, -0.15) is 0 Å². The first-order valence-electron chi connectivity index (χ1n) is 6.19. The van der Waals surface area contributed by atoms with Crippen LogP contribution < -0.4 is 4.74 Å². The minimum absolute atomic E-state index is 0.250. The molecule has 0 radical (unpaired) electrons. The molecule has 0 atom stereocenters. The minimum Gasteiger partial charge on any atom is -0.494 e. The van der Waals surface area contributed by atoms with Crippen LogP contribution in [0.15, 0.2) is 24.3 Å². The summed E-state index contributed by atoms with van der Waals surface area (Å²) >= 11 is 0. The average Bonchev–Trinajstić information content (AvgIpc) is 2.33. The predicted molar refractivity (Wildman–Crippen MR) is 66.9 cm³/mol. The molecule has 1 N–H and O–H groups in total. The van der Waals surface area contributed by atoms with Crippen LogP contribution in [0.2, 0.25) is 0 Å². The third kappa shape index (κ3) is 5.17. The smallest absolute Gasteiger partial charge is 0.119 e. The average molecular weight is 222 g/mol. The lowest BCUT2D eigenvalue weighted by atomic mass is 10.1. The Morgan fingerprint density at radius 3 is 2.81 bits per heavy atom. The van der Waals surface area contributed by atoms with Gasteiger partial charge in [-0.25, -0.2) is 0 Å². The van der Waals surface area contributed by atoms with Crippen molar-refractivity contribution in [3.8, 4) is 5.75 Å². The van der Waals surface area contributed by atoms with Crippen molar-refractivity contribution in [3.05, 3.63) is 29.8 Å². The highest BCUT2D eigenvalue weighted by Gasteiger charge is 1.97. The summed E-state index contributed by atoms with van der Waals surface area (Å²) in [4.78, 5) is 0. The van der Waals surface area contributed by atoms with Crippen molar-refractivity contribution in [2.75, 3.05) is 13.2 Å². The van der Waals surface area contributed by atoms with Crippen molar-refractivity contribution in [1.29, 1.82) is 0 Å². The van der Waals surface area contributed by atoms with E-state index >= 15 is 0 Å². The van der Waals surface area contributed by atoms with Crippen LogP contribution >= 0.6 is 0 Å². The van der Waals surface area contributed by atoms with Gasteiger partial charge in [0.15, 0.2) is 0 Å². The molecule has 0 bridgehead atoms. The Bertz CT molecular complexity index is 284. The molecule has 1 aromatic rings. The number of rotatable bonds is 8. The van der Waals surface area contributed by atoms with Gasteiger partial charge in [0, 0.05) is 6.61 Å². The van der Waals surface area contributed by atoms with Crippen molar-refractivity contribution in [1.82, 2.24) is 0 Å². The molecule has 16 heavy (non-hydrogen) atoms. The molecule has 0 aromatic heterocycles. The molecule has 0 aliphatic carbocycles. The van der Waals surface area contributed by atoms with Gasteiger partial charge in [0.2, 0.25) is 0 Å². The number of hydrogen-bond donors (Lipinski definition) is 1. The summed E-state index contributed by atoms with van der Waals surface area (Å²) in [7, 11) is 0. The minimum atomic E-state index is 0.250. The third-order valence-electron chi connectivity index (χ3n) is 2.54. The third-order valence-corrected chi connectivity index (χ3v) is 2.54. The Hall–Kier alpha value is -1.02. The molecule has 0 aliphatic rings. The van der Waals surface area contributed by atoms with Gasteiger partial charge in [0.1, 0.15) is 5.75 Å². The second kappa shape index (κ2) is 8.17. The molecule has 0 fully saturated rings. The lowest BCUT2D eigenvalue weighted by Crippen LogP contribution is -1.99. The molecule has 0 aliphatic heterocycles. The predicted octanol–water partition coefficient (Wildman–Crippen LogP) is 3.18. The highest BCUT2D eigenvalue weighted by molar-refractivity contribution is 5.28. The number of unbranched alkanes of at least 4 members (excludes halogenated alkanes) is 2. The lowest BCUT2D eigenvalue weighted by molar-refractivity contribution is 0.253. The van der Waals surface area contributed by atoms with Gasteiger partial charge in [0.25, 0.3) is 0 Å². The van der Waals surface area contributed by atoms with Crippen LogP contribution in [0, 0.1) is 0 Å². The first kappa shape index (κ1) is 13.0. The van der Waals surface area contributed by atoms with E-state index in [1.807, 2.05) is 12.1 Å². The van der Waals surface area contributed by atoms with Gasteiger partial charge in [-0.05, 0) is 43.4 Å². The van der Waals surface area contributed by atoms with E-state index in [-0.39, 0.29) is 6.61 Å². The number of aliphatic hydroxyl groups excluding tert-OH is 1. The maximum absolute atomic E-state index is 8.65. The summed E-state index contributed by atoms with van der Waals surface area (Å²) in [6, 6.07) is 8.31. The Balaban J connectivity index is 2.35. The van der Waals surface area contributed by atoms with Gasteiger partial charge in [0.05, 0.1) is 6.61 Å². The highest BCUT2D eigenvalue weighted by atomic mass is 16.5. The molecular weight excluding hydrogens is 200 g/mol. The molecule has 1 aromatic carbocycles. The van der Waals surface area contributed by atoms with Gasteiger partial charge in [-0.1, -0.05) is 25.5 Å². The Morgan fingerprint density at radius 2 is 2.06 bits per heavy atom. The van der Waals surface area contributed by atoms with E-state index in [0.717, 1.165) is 25.0 Å². The number of ether oxygens (including phenoxy) is 1. The zero-order valence-electron chi connectivity index (χ0n) is 10.1. The quantitative estimate of drug-likeness (QED) is 0.684. The summed E-state index contributed by atoms with van der Waals surface area (Å²) in [6.07, 6.45) is 5.31. The molecule has 90 valence electrons. The van der Waals surface area contributed by atoms with E-state index in [0.29, 0.717) is 6.61 Å². The zero-order valence-corrected chi connectivity index (χ0v) is 10.1. The van der Waals surface area contributed by atoms with Crippen LogP contribution in [-0.4, -0.2) is 18.3 Å². The number of aryl methyl sites for hydroxylation is 1. The Morgan fingerprint density at radius 1 is 1.19 bits per heavy atom. The zero-order chi connectivity index (χ0) is 11.6. The first-order chi connectivity index (χ1) is 7.86. The highest BCUT2D eigenvalue weighted by Crippen LogP contribution is 2.15. The Kier molecular flexibility index (Phi) is 6.66. The van der Waals surface area contributed by atoms with E-state index in [2.05, 4.69) is 19.1 Å².